The molecule has 4 nitrogen and oxygen atoms in total. The smallest absolute Gasteiger partial charge is 0.337 e. The first-order valence-corrected chi connectivity index (χ1v) is 8.17. The normalized spacial score (nSPS) is 12.0. The third-order valence-corrected chi connectivity index (χ3v) is 4.37. The predicted molar refractivity (Wildman–Crippen MR) is 94.9 cm³/mol. The predicted octanol–water partition coefficient (Wildman–Crippen LogP) is 3.76. The van der Waals surface area contributed by atoms with E-state index in [1.54, 1.807) is 0 Å². The maximum absolute atomic E-state index is 12.3. The van der Waals surface area contributed by atoms with Gasteiger partial charge in [-0.2, -0.15) is 0 Å². The van der Waals surface area contributed by atoms with Crippen molar-refractivity contribution in [3.63, 3.8) is 0 Å². The Morgan fingerprint density at radius 3 is 2.42 bits per heavy atom. The van der Waals surface area contributed by atoms with Gasteiger partial charge in [0.25, 0.3) is 0 Å². The van der Waals surface area contributed by atoms with Crippen molar-refractivity contribution in [1.29, 1.82) is 0 Å². The Labute approximate surface area is 150 Å². The molecular formula is C18H17Cl2NO3. The standard InChI is InChI=1S/C18H17Cl2NO3/c19-13-8-12(17(20)14(10-13)18(23)24)9-16(22)15(21)7-6-11-4-2-1-3-5-11/h1-5,8,10,15H,6-7,9,21H2,(H,23,24)/t15-/m0/s1. The van der Waals surface area contributed by atoms with Gasteiger partial charge in [-0.1, -0.05) is 53.5 Å². The first-order valence-electron chi connectivity index (χ1n) is 7.42. The van der Waals surface area contributed by atoms with E-state index in [1.807, 2.05) is 30.3 Å². The van der Waals surface area contributed by atoms with E-state index in [1.165, 1.54) is 12.1 Å². The molecule has 2 rings (SSSR count). The molecule has 0 spiro atoms. The fourth-order valence-corrected chi connectivity index (χ4v) is 2.87. The van der Waals surface area contributed by atoms with Crippen LogP contribution in [0.1, 0.15) is 27.9 Å². The van der Waals surface area contributed by atoms with Crippen LogP contribution in [0.3, 0.4) is 0 Å². The zero-order valence-electron chi connectivity index (χ0n) is 12.8. The molecule has 2 aromatic rings. The van der Waals surface area contributed by atoms with Gasteiger partial charge in [-0.15, -0.1) is 0 Å². The third kappa shape index (κ3) is 4.81. The number of carbonyl (C=O) groups is 2. The van der Waals surface area contributed by atoms with Gasteiger partial charge in [0.1, 0.15) is 0 Å². The minimum atomic E-state index is -1.19. The van der Waals surface area contributed by atoms with E-state index in [0.29, 0.717) is 18.4 Å². The Hall–Kier alpha value is -1.88. The van der Waals surface area contributed by atoms with E-state index in [-0.39, 0.29) is 27.8 Å². The van der Waals surface area contributed by atoms with Gasteiger partial charge in [0.15, 0.2) is 5.78 Å². The van der Waals surface area contributed by atoms with E-state index < -0.39 is 12.0 Å². The molecule has 0 aliphatic heterocycles. The molecule has 126 valence electrons. The van der Waals surface area contributed by atoms with Crippen molar-refractivity contribution in [1.82, 2.24) is 0 Å². The zero-order valence-corrected chi connectivity index (χ0v) is 14.3. The van der Waals surface area contributed by atoms with Gasteiger partial charge in [-0.25, -0.2) is 4.79 Å². The molecule has 2 aromatic carbocycles. The monoisotopic (exact) mass is 365 g/mol. The number of benzene rings is 2. The molecule has 0 saturated heterocycles. The molecule has 0 bridgehead atoms. The summed E-state index contributed by atoms with van der Waals surface area (Å²) < 4.78 is 0. The van der Waals surface area contributed by atoms with Gasteiger partial charge in [0.2, 0.25) is 0 Å². The summed E-state index contributed by atoms with van der Waals surface area (Å²) in [6, 6.07) is 11.9. The van der Waals surface area contributed by atoms with Crippen molar-refractivity contribution in [2.75, 3.05) is 0 Å². The first kappa shape index (κ1) is 18.5. The zero-order chi connectivity index (χ0) is 17.7. The number of hydrogen-bond donors (Lipinski definition) is 2. The van der Waals surface area contributed by atoms with E-state index >= 15 is 0 Å². The largest absolute Gasteiger partial charge is 0.478 e. The maximum Gasteiger partial charge on any atom is 0.337 e. The Morgan fingerprint density at radius 2 is 1.79 bits per heavy atom. The number of carbonyl (C=O) groups excluding carboxylic acids is 1. The van der Waals surface area contributed by atoms with Crippen molar-refractivity contribution in [3.8, 4) is 0 Å². The van der Waals surface area contributed by atoms with Crippen LogP contribution >= 0.6 is 23.2 Å². The second-order valence-electron chi connectivity index (χ2n) is 5.51. The Balaban J connectivity index is 2.05. The van der Waals surface area contributed by atoms with Crippen LogP contribution in [0.4, 0.5) is 0 Å². The van der Waals surface area contributed by atoms with Crippen LogP contribution < -0.4 is 5.73 Å². The fourth-order valence-electron chi connectivity index (χ4n) is 2.38. The van der Waals surface area contributed by atoms with E-state index in [0.717, 1.165) is 5.56 Å². The van der Waals surface area contributed by atoms with Crippen LogP contribution in [0.25, 0.3) is 0 Å². The lowest BCUT2D eigenvalue weighted by molar-refractivity contribution is -0.119. The third-order valence-electron chi connectivity index (χ3n) is 3.71. The quantitative estimate of drug-likeness (QED) is 0.782. The number of carboxylic acids is 1. The number of ketones is 1. The van der Waals surface area contributed by atoms with E-state index in [4.69, 9.17) is 34.0 Å². The lowest BCUT2D eigenvalue weighted by atomic mass is 9.97. The molecule has 0 heterocycles. The van der Waals surface area contributed by atoms with Gasteiger partial charge in [0, 0.05) is 11.4 Å². The summed E-state index contributed by atoms with van der Waals surface area (Å²) in [5.41, 5.74) is 7.32. The van der Waals surface area contributed by atoms with E-state index in [2.05, 4.69) is 0 Å². The molecule has 24 heavy (non-hydrogen) atoms. The number of rotatable bonds is 7. The van der Waals surface area contributed by atoms with Crippen LogP contribution in [-0.2, 0) is 17.6 Å². The van der Waals surface area contributed by atoms with E-state index in [9.17, 15) is 9.59 Å². The molecular weight excluding hydrogens is 349 g/mol. The van der Waals surface area contributed by atoms with Crippen LogP contribution in [0.5, 0.6) is 0 Å². The molecule has 0 aromatic heterocycles. The summed E-state index contributed by atoms with van der Waals surface area (Å²) in [4.78, 5) is 23.5. The minimum Gasteiger partial charge on any atom is -0.478 e. The Morgan fingerprint density at radius 1 is 1.12 bits per heavy atom. The maximum atomic E-state index is 12.3. The minimum absolute atomic E-state index is 0.0236. The molecule has 0 unspecified atom stereocenters. The topological polar surface area (TPSA) is 80.4 Å². The molecule has 0 radical (unpaired) electrons. The summed E-state index contributed by atoms with van der Waals surface area (Å²) in [6.45, 7) is 0. The average Bonchev–Trinajstić information content (AvgIpc) is 2.56. The van der Waals surface area contributed by atoms with Gasteiger partial charge in [-0.05, 0) is 36.1 Å². The lowest BCUT2D eigenvalue weighted by Gasteiger charge is -2.12. The number of halogens is 2. The SMILES string of the molecule is N[C@@H](CCc1ccccc1)C(=O)Cc1cc(Cl)cc(C(=O)O)c1Cl. The van der Waals surface area contributed by atoms with Crippen molar-refractivity contribution in [2.24, 2.45) is 5.73 Å². The second-order valence-corrected chi connectivity index (χ2v) is 6.32. The summed E-state index contributed by atoms with van der Waals surface area (Å²) in [5, 5.41) is 9.36. The highest BCUT2D eigenvalue weighted by Gasteiger charge is 2.19. The van der Waals surface area contributed by atoms with Crippen molar-refractivity contribution < 1.29 is 14.7 Å². The number of hydrogen-bond acceptors (Lipinski definition) is 3. The molecule has 0 aliphatic rings. The van der Waals surface area contributed by atoms with Crippen LogP contribution in [0.2, 0.25) is 10.0 Å². The lowest BCUT2D eigenvalue weighted by Crippen LogP contribution is -2.32. The summed E-state index contributed by atoms with van der Waals surface area (Å²) in [7, 11) is 0. The number of aromatic carboxylic acids is 1. The summed E-state index contributed by atoms with van der Waals surface area (Å²) >= 11 is 12.0. The van der Waals surface area contributed by atoms with Crippen molar-refractivity contribution in [3.05, 3.63) is 69.2 Å². The van der Waals surface area contributed by atoms with Gasteiger partial charge in [-0.3, -0.25) is 4.79 Å². The van der Waals surface area contributed by atoms with Crippen LogP contribution in [0.15, 0.2) is 42.5 Å². The highest BCUT2D eigenvalue weighted by Crippen LogP contribution is 2.27. The molecule has 1 atom stereocenters. The first-order chi connectivity index (χ1) is 11.4. The highest BCUT2D eigenvalue weighted by atomic mass is 35.5. The molecule has 0 amide bonds. The van der Waals surface area contributed by atoms with Crippen LogP contribution in [0, 0.1) is 0 Å². The number of Topliss-reactive ketones (excluding diaryl/α,β-unsaturated/α-hetero) is 1. The Kier molecular flexibility index (Phi) is 6.37. The molecule has 6 heteroatoms. The molecule has 0 fully saturated rings. The molecule has 0 aliphatic carbocycles. The number of carboxylic acid groups (broad SMARTS) is 1. The average molecular weight is 366 g/mol. The van der Waals surface area contributed by atoms with Gasteiger partial charge >= 0.3 is 5.97 Å². The number of aryl methyl sites for hydroxylation is 1. The summed E-state index contributed by atoms with van der Waals surface area (Å²) in [6.07, 6.45) is 1.15. The number of nitrogens with two attached hydrogens (primary N) is 1. The Bertz CT molecular complexity index is 747. The molecule has 0 saturated carbocycles. The van der Waals surface area contributed by atoms with Crippen molar-refractivity contribution >= 4 is 35.0 Å². The fraction of sp³-hybridized carbons (Fsp3) is 0.222. The summed E-state index contributed by atoms with van der Waals surface area (Å²) in [5.74, 6) is -1.39. The van der Waals surface area contributed by atoms with Gasteiger partial charge < -0.3 is 10.8 Å². The second kappa shape index (κ2) is 8.29. The van der Waals surface area contributed by atoms with Gasteiger partial charge in [0.05, 0.1) is 16.6 Å². The van der Waals surface area contributed by atoms with Crippen LogP contribution in [-0.4, -0.2) is 22.9 Å². The molecule has 3 N–H and O–H groups in total. The van der Waals surface area contributed by atoms with Crippen molar-refractivity contribution in [2.45, 2.75) is 25.3 Å². The highest BCUT2D eigenvalue weighted by molar-refractivity contribution is 6.36.